The van der Waals surface area contributed by atoms with Gasteiger partial charge in [-0.3, -0.25) is 0 Å². The molecule has 1 heterocycles. The smallest absolute Gasteiger partial charge is 0.147 e. The molecule has 0 aliphatic heterocycles. The van der Waals surface area contributed by atoms with Gasteiger partial charge in [-0.1, -0.05) is 15.8 Å². The van der Waals surface area contributed by atoms with Crippen LogP contribution in [-0.4, -0.2) is 14.5 Å². The summed E-state index contributed by atoms with van der Waals surface area (Å²) in [5, 5.41) is 5.23. The molecule has 0 saturated heterocycles. The lowest BCUT2D eigenvalue weighted by Gasteiger charge is -2.15. The van der Waals surface area contributed by atoms with Crippen LogP contribution in [0.25, 0.3) is 5.69 Å². The second-order valence-corrected chi connectivity index (χ2v) is 8.60. The Morgan fingerprint density at radius 1 is 1.24 bits per heavy atom. The molecule has 0 spiro atoms. The number of thiol groups is 1. The van der Waals surface area contributed by atoms with E-state index < -0.39 is 11.0 Å². The molecule has 2 atom stereocenters. The van der Waals surface area contributed by atoms with Crippen molar-refractivity contribution in [3.05, 3.63) is 47.2 Å². The van der Waals surface area contributed by atoms with Gasteiger partial charge in [-0.25, -0.2) is 4.68 Å². The second kappa shape index (κ2) is 6.30. The van der Waals surface area contributed by atoms with Gasteiger partial charge in [0.05, 0.1) is 17.4 Å². The summed E-state index contributed by atoms with van der Waals surface area (Å²) in [6, 6.07) is 9.34. The van der Waals surface area contributed by atoms with Crippen LogP contribution in [0.5, 0.6) is 0 Å². The van der Waals surface area contributed by atoms with E-state index in [2.05, 4.69) is 9.82 Å². The summed E-state index contributed by atoms with van der Waals surface area (Å²) in [6.07, 6.45) is 1.89. The Labute approximate surface area is 133 Å². The summed E-state index contributed by atoms with van der Waals surface area (Å²) in [6.45, 7) is 7.83. The monoisotopic (exact) mass is 326 g/mol. The van der Waals surface area contributed by atoms with E-state index >= 15 is 0 Å². The van der Waals surface area contributed by atoms with E-state index in [1.165, 1.54) is 0 Å². The number of rotatable bonds is 4. The van der Waals surface area contributed by atoms with Gasteiger partial charge in [0.15, 0.2) is 0 Å². The maximum absolute atomic E-state index is 12.2. The van der Waals surface area contributed by atoms with Crippen molar-refractivity contribution in [3.8, 4) is 5.69 Å². The predicted molar refractivity (Wildman–Crippen MR) is 89.3 cm³/mol. The summed E-state index contributed by atoms with van der Waals surface area (Å²) < 4.78 is 16.8. The molecule has 1 aromatic heterocycles. The maximum Gasteiger partial charge on any atom is 0.147 e. The highest BCUT2D eigenvalue weighted by Crippen LogP contribution is 2.18. The molecule has 2 rings (SSSR count). The standard InChI is InChI=1S/C15H20ClN3OS/c1-11(18-21(20)15(2,3)4)14-9-10-19(17-14)13-7-5-12(16)6-8-13/h5-11H,1-4H3,(H,18,20)/p+1. The Balaban J connectivity index is 2.12. The molecule has 2 unspecified atom stereocenters. The predicted octanol–water partition coefficient (Wildman–Crippen LogP) is 3.59. The zero-order chi connectivity index (χ0) is 15.6. The third-order valence-corrected chi connectivity index (χ3v) is 5.16. The molecule has 6 heteroatoms. The molecule has 1 aromatic carbocycles. The van der Waals surface area contributed by atoms with Gasteiger partial charge in [-0.15, -0.1) is 4.72 Å². The first-order valence-electron chi connectivity index (χ1n) is 6.82. The molecule has 21 heavy (non-hydrogen) atoms. The van der Waals surface area contributed by atoms with Crippen molar-refractivity contribution in [1.82, 2.24) is 14.5 Å². The van der Waals surface area contributed by atoms with Gasteiger partial charge in [-0.2, -0.15) is 5.10 Å². The molecule has 2 aromatic rings. The molecular formula is C15H21ClN3OS+. The van der Waals surface area contributed by atoms with Crippen LogP contribution in [-0.2, 0) is 15.2 Å². The summed E-state index contributed by atoms with van der Waals surface area (Å²) in [7, 11) is -1.50. The highest BCUT2D eigenvalue weighted by atomic mass is 35.5. The third kappa shape index (κ3) is 4.15. The fourth-order valence-corrected chi connectivity index (χ4v) is 2.74. The number of benzene rings is 1. The minimum atomic E-state index is -1.50. The van der Waals surface area contributed by atoms with E-state index in [9.17, 15) is 4.21 Å². The molecule has 0 aliphatic rings. The Kier molecular flexibility index (Phi) is 4.86. The second-order valence-electron chi connectivity index (χ2n) is 5.98. The van der Waals surface area contributed by atoms with Crippen molar-refractivity contribution in [3.63, 3.8) is 0 Å². The van der Waals surface area contributed by atoms with E-state index in [0.29, 0.717) is 5.02 Å². The van der Waals surface area contributed by atoms with Crippen LogP contribution in [0.2, 0.25) is 5.02 Å². The molecule has 1 N–H and O–H groups in total. The number of nitrogens with one attached hydrogen (secondary N) is 1. The first kappa shape index (κ1) is 16.2. The lowest BCUT2D eigenvalue weighted by Crippen LogP contribution is -2.34. The lowest BCUT2D eigenvalue weighted by molar-refractivity contribution is 0.553. The maximum atomic E-state index is 12.2. The van der Waals surface area contributed by atoms with E-state index in [1.54, 1.807) is 4.68 Å². The summed E-state index contributed by atoms with van der Waals surface area (Å²) in [5.41, 5.74) is 1.80. The zero-order valence-corrected chi connectivity index (χ0v) is 14.3. The number of hydrogen-bond acceptors (Lipinski definition) is 2. The van der Waals surface area contributed by atoms with Gasteiger partial charge in [0, 0.05) is 11.2 Å². The topological polar surface area (TPSA) is 46.9 Å². The fourth-order valence-electron chi connectivity index (χ4n) is 1.74. The molecule has 0 aliphatic carbocycles. The minimum Gasteiger partial charge on any atom is -0.241 e. The van der Waals surface area contributed by atoms with Crippen LogP contribution in [0.1, 0.15) is 39.4 Å². The minimum absolute atomic E-state index is 0.0682. The van der Waals surface area contributed by atoms with Crippen LogP contribution < -0.4 is 4.72 Å². The molecular weight excluding hydrogens is 306 g/mol. The first-order valence-corrected chi connectivity index (χ1v) is 8.46. The lowest BCUT2D eigenvalue weighted by atomic mass is 10.3. The van der Waals surface area contributed by atoms with Gasteiger partial charge in [0.2, 0.25) is 0 Å². The number of halogens is 1. The van der Waals surface area contributed by atoms with Crippen LogP contribution >= 0.6 is 11.6 Å². The van der Waals surface area contributed by atoms with Crippen molar-refractivity contribution in [2.24, 2.45) is 0 Å². The van der Waals surface area contributed by atoms with Crippen molar-refractivity contribution >= 4 is 22.6 Å². The van der Waals surface area contributed by atoms with Crippen LogP contribution in [0.15, 0.2) is 36.5 Å². The Morgan fingerprint density at radius 3 is 2.43 bits per heavy atom. The highest BCUT2D eigenvalue weighted by molar-refractivity contribution is 7.84. The largest absolute Gasteiger partial charge is 0.241 e. The van der Waals surface area contributed by atoms with Crippen molar-refractivity contribution in [2.75, 3.05) is 0 Å². The zero-order valence-electron chi connectivity index (χ0n) is 12.7. The van der Waals surface area contributed by atoms with Crippen molar-refractivity contribution in [1.29, 1.82) is 0 Å². The van der Waals surface area contributed by atoms with Crippen molar-refractivity contribution in [2.45, 2.75) is 38.5 Å². The van der Waals surface area contributed by atoms with Crippen LogP contribution in [0.3, 0.4) is 0 Å². The molecule has 0 fully saturated rings. The van der Waals surface area contributed by atoms with Gasteiger partial charge in [0.25, 0.3) is 0 Å². The van der Waals surface area contributed by atoms with Gasteiger partial charge < -0.3 is 0 Å². The third-order valence-electron chi connectivity index (χ3n) is 3.06. The van der Waals surface area contributed by atoms with Gasteiger partial charge >= 0.3 is 0 Å². The first-order chi connectivity index (χ1) is 9.77. The molecule has 0 radical (unpaired) electrons. The fraction of sp³-hybridized carbons (Fsp3) is 0.400. The van der Waals surface area contributed by atoms with Crippen LogP contribution in [0.4, 0.5) is 0 Å². The van der Waals surface area contributed by atoms with E-state index in [4.69, 9.17) is 11.6 Å². The Bertz CT molecular complexity index is 631. The molecule has 0 bridgehead atoms. The quantitative estimate of drug-likeness (QED) is 0.689. The van der Waals surface area contributed by atoms with E-state index in [-0.39, 0.29) is 10.8 Å². The van der Waals surface area contributed by atoms with Gasteiger partial charge in [0.1, 0.15) is 15.7 Å². The normalized spacial score (nSPS) is 14.9. The van der Waals surface area contributed by atoms with Crippen molar-refractivity contribution < 1.29 is 4.21 Å². The average molecular weight is 327 g/mol. The molecule has 114 valence electrons. The van der Waals surface area contributed by atoms with Gasteiger partial charge in [-0.05, 0) is 58.0 Å². The van der Waals surface area contributed by atoms with E-state index in [0.717, 1.165) is 11.4 Å². The average Bonchev–Trinajstić information content (AvgIpc) is 2.88. The number of hydrogen-bond donors (Lipinski definition) is 1. The number of nitrogens with zero attached hydrogens (tertiary/aromatic N) is 2. The van der Waals surface area contributed by atoms with E-state index in [1.807, 2.05) is 64.2 Å². The summed E-state index contributed by atoms with van der Waals surface area (Å²) >= 11 is 5.88. The number of aromatic nitrogens is 2. The highest BCUT2D eigenvalue weighted by Gasteiger charge is 2.28. The SMILES string of the molecule is CC(N[SH+](=O)C(C)(C)C)c1ccn(-c2ccc(Cl)cc2)n1. The Morgan fingerprint density at radius 2 is 1.86 bits per heavy atom. The molecule has 0 amide bonds. The molecule has 4 nitrogen and oxygen atoms in total. The molecule has 0 saturated carbocycles. The Hall–Kier alpha value is -1.17. The summed E-state index contributed by atoms with van der Waals surface area (Å²) in [5.74, 6) is 0. The van der Waals surface area contributed by atoms with Crippen LogP contribution in [0, 0.1) is 0 Å². The summed E-state index contributed by atoms with van der Waals surface area (Å²) in [4.78, 5) is 0.